The fourth-order valence-electron chi connectivity index (χ4n) is 5.46. The Bertz CT molecular complexity index is 1400. The molecule has 41 heavy (non-hydrogen) atoms. The third kappa shape index (κ3) is 6.18. The summed E-state index contributed by atoms with van der Waals surface area (Å²) in [4.78, 5) is 29.1. The van der Waals surface area contributed by atoms with Crippen LogP contribution in [0.25, 0.3) is 0 Å². The quantitative estimate of drug-likeness (QED) is 0.318. The molecule has 0 aliphatic carbocycles. The maximum Gasteiger partial charge on any atom is 0.415 e. The number of β-lactam (4-membered cyclic amide) rings is 1. The van der Waals surface area contributed by atoms with Crippen LogP contribution in [-0.4, -0.2) is 71.9 Å². The number of benzene rings is 3. The molecule has 8 nitrogen and oxygen atoms in total. The van der Waals surface area contributed by atoms with E-state index in [2.05, 4.69) is 14.1 Å². The van der Waals surface area contributed by atoms with Crippen molar-refractivity contribution in [3.63, 3.8) is 0 Å². The van der Waals surface area contributed by atoms with Gasteiger partial charge in [-0.05, 0) is 66.9 Å². The molecule has 2 amide bonds. The van der Waals surface area contributed by atoms with Crippen LogP contribution in [-0.2, 0) is 4.79 Å². The summed E-state index contributed by atoms with van der Waals surface area (Å²) in [6.45, 7) is 2.76. The molecule has 2 fully saturated rings. The van der Waals surface area contributed by atoms with Crippen LogP contribution in [0.4, 0.5) is 19.3 Å². The highest BCUT2D eigenvalue weighted by molar-refractivity contribution is 6.03. The molecule has 0 radical (unpaired) electrons. The van der Waals surface area contributed by atoms with E-state index in [4.69, 9.17) is 4.74 Å². The first-order valence-corrected chi connectivity index (χ1v) is 13.7. The minimum atomic E-state index is -0.904. The Balaban J connectivity index is 1.34. The molecule has 0 spiro atoms. The molecule has 3 atom stereocenters. The van der Waals surface area contributed by atoms with Gasteiger partial charge in [-0.1, -0.05) is 12.1 Å². The SMILES string of the molecule is C[N+]1(C)CCN(C(=O)Oc2ccc(C3C(CCC(O)c4ccc(F)cc4)C(=O)N3c3ccc(F)cc3)c(O)c2)CC1. The van der Waals surface area contributed by atoms with Crippen LogP contribution in [0.15, 0.2) is 66.7 Å². The topological polar surface area (TPSA) is 90.3 Å². The number of ether oxygens (including phenoxy) is 1. The molecule has 2 heterocycles. The van der Waals surface area contributed by atoms with Crippen molar-refractivity contribution in [2.45, 2.75) is 25.0 Å². The molecule has 5 rings (SSSR count). The molecular weight excluding hydrogens is 532 g/mol. The number of quaternary nitrogens is 1. The fraction of sp³-hybridized carbons (Fsp3) is 0.355. The van der Waals surface area contributed by atoms with Crippen LogP contribution in [0.5, 0.6) is 11.5 Å². The molecule has 2 aliphatic rings. The lowest BCUT2D eigenvalue weighted by atomic mass is 9.78. The van der Waals surface area contributed by atoms with E-state index in [9.17, 15) is 28.6 Å². The lowest BCUT2D eigenvalue weighted by Crippen LogP contribution is -2.56. The normalized spacial score (nSPS) is 20.9. The summed E-state index contributed by atoms with van der Waals surface area (Å²) in [6.07, 6.45) is -0.869. The average Bonchev–Trinajstić information content (AvgIpc) is 2.93. The zero-order chi connectivity index (χ0) is 29.3. The van der Waals surface area contributed by atoms with Crippen molar-refractivity contribution in [3.8, 4) is 11.5 Å². The third-order valence-corrected chi connectivity index (χ3v) is 8.06. The molecule has 3 aromatic carbocycles. The number of anilines is 1. The van der Waals surface area contributed by atoms with Gasteiger partial charge in [0.15, 0.2) is 0 Å². The number of carbonyl (C=O) groups is 2. The van der Waals surface area contributed by atoms with Gasteiger partial charge in [-0.2, -0.15) is 0 Å². The lowest BCUT2D eigenvalue weighted by Gasteiger charge is -2.48. The Kier molecular flexibility index (Phi) is 7.97. The number of hydrogen-bond acceptors (Lipinski definition) is 5. The van der Waals surface area contributed by atoms with Gasteiger partial charge in [-0.15, -0.1) is 0 Å². The van der Waals surface area contributed by atoms with Crippen molar-refractivity contribution in [2.75, 3.05) is 45.2 Å². The predicted molar refractivity (Wildman–Crippen MR) is 148 cm³/mol. The van der Waals surface area contributed by atoms with Crippen molar-refractivity contribution >= 4 is 17.7 Å². The number of amides is 2. The van der Waals surface area contributed by atoms with E-state index in [1.165, 1.54) is 59.5 Å². The van der Waals surface area contributed by atoms with Gasteiger partial charge in [0.2, 0.25) is 5.91 Å². The predicted octanol–water partition coefficient (Wildman–Crippen LogP) is 4.78. The monoisotopic (exact) mass is 566 g/mol. The minimum Gasteiger partial charge on any atom is -0.507 e. The molecule has 3 aromatic rings. The number of carbonyl (C=O) groups excluding carboxylic acids is 2. The van der Waals surface area contributed by atoms with Gasteiger partial charge >= 0.3 is 6.09 Å². The molecule has 2 aliphatic heterocycles. The number of rotatable bonds is 7. The van der Waals surface area contributed by atoms with Gasteiger partial charge in [0.05, 0.1) is 58.3 Å². The first-order chi connectivity index (χ1) is 19.5. The van der Waals surface area contributed by atoms with E-state index in [1.54, 1.807) is 17.0 Å². The van der Waals surface area contributed by atoms with E-state index >= 15 is 0 Å². The first-order valence-electron chi connectivity index (χ1n) is 13.7. The largest absolute Gasteiger partial charge is 0.507 e. The van der Waals surface area contributed by atoms with Gasteiger partial charge in [0, 0.05) is 17.3 Å². The number of aliphatic hydroxyl groups excluding tert-OH is 1. The Morgan fingerprint density at radius 2 is 1.61 bits per heavy atom. The van der Waals surface area contributed by atoms with E-state index in [-0.39, 0.29) is 23.8 Å². The van der Waals surface area contributed by atoms with Crippen LogP contribution < -0.4 is 9.64 Å². The summed E-state index contributed by atoms with van der Waals surface area (Å²) >= 11 is 0. The molecule has 216 valence electrons. The smallest absolute Gasteiger partial charge is 0.415 e. The van der Waals surface area contributed by atoms with Crippen LogP contribution in [0.2, 0.25) is 0 Å². The summed E-state index contributed by atoms with van der Waals surface area (Å²) < 4.78 is 33.3. The summed E-state index contributed by atoms with van der Waals surface area (Å²) in [5.41, 5.74) is 1.44. The molecule has 10 heteroatoms. The van der Waals surface area contributed by atoms with Crippen molar-refractivity contribution in [1.82, 2.24) is 4.90 Å². The van der Waals surface area contributed by atoms with Crippen LogP contribution in [0.1, 0.15) is 36.1 Å². The van der Waals surface area contributed by atoms with Gasteiger partial charge in [0.25, 0.3) is 0 Å². The summed E-state index contributed by atoms with van der Waals surface area (Å²) in [5.74, 6) is -1.63. The van der Waals surface area contributed by atoms with Gasteiger partial charge in [-0.25, -0.2) is 13.6 Å². The second-order valence-corrected chi connectivity index (χ2v) is 11.3. The highest BCUT2D eigenvalue weighted by Crippen LogP contribution is 2.49. The molecule has 0 bridgehead atoms. The molecule has 2 N–H and O–H groups in total. The van der Waals surface area contributed by atoms with Crippen molar-refractivity contribution in [2.24, 2.45) is 5.92 Å². The Labute approximate surface area is 237 Å². The van der Waals surface area contributed by atoms with Gasteiger partial charge in [-0.3, -0.25) is 9.69 Å². The van der Waals surface area contributed by atoms with Gasteiger partial charge < -0.3 is 24.3 Å². The van der Waals surface area contributed by atoms with Crippen molar-refractivity contribution in [1.29, 1.82) is 0 Å². The standard InChI is InChI=1S/C31H33F2N3O5/c1-36(2)17-15-34(16-18-36)31(40)41-24-11-12-25(28(38)19-24)29-26(13-14-27(37)20-3-5-21(32)6-4-20)30(39)35(29)23-9-7-22(33)8-10-23/h3-12,19,26-27,29,37H,13-18H2,1-2H3/p+1. The van der Waals surface area contributed by atoms with E-state index in [0.717, 1.165) is 17.6 Å². The van der Waals surface area contributed by atoms with Crippen molar-refractivity contribution in [3.05, 3.63) is 89.5 Å². The first kappa shape index (κ1) is 28.5. The maximum absolute atomic E-state index is 13.6. The highest BCUT2D eigenvalue weighted by atomic mass is 19.1. The second kappa shape index (κ2) is 11.5. The molecule has 0 aromatic heterocycles. The number of aliphatic hydroxyl groups is 1. The molecule has 3 unspecified atom stereocenters. The van der Waals surface area contributed by atoms with Gasteiger partial charge in [0.1, 0.15) is 23.1 Å². The summed E-state index contributed by atoms with van der Waals surface area (Å²) in [7, 11) is 4.22. The number of likely N-dealkylation sites (N-methyl/N-ethyl adjacent to an activating group) is 1. The number of hydrogen-bond donors (Lipinski definition) is 2. The number of nitrogens with zero attached hydrogens (tertiary/aromatic N) is 3. The average molecular weight is 567 g/mol. The number of halogens is 2. The van der Waals surface area contributed by atoms with Crippen LogP contribution in [0, 0.1) is 17.6 Å². The maximum atomic E-state index is 13.6. The zero-order valence-electron chi connectivity index (χ0n) is 23.0. The Hall–Kier alpha value is -4.02. The lowest BCUT2D eigenvalue weighted by molar-refractivity contribution is -0.894. The second-order valence-electron chi connectivity index (χ2n) is 11.3. The van der Waals surface area contributed by atoms with Crippen LogP contribution >= 0.6 is 0 Å². The number of aromatic hydroxyl groups is 1. The van der Waals surface area contributed by atoms with Crippen LogP contribution in [0.3, 0.4) is 0 Å². The third-order valence-electron chi connectivity index (χ3n) is 8.06. The Morgan fingerprint density at radius 1 is 1.00 bits per heavy atom. The number of piperazine rings is 1. The highest BCUT2D eigenvalue weighted by Gasteiger charge is 2.49. The Morgan fingerprint density at radius 3 is 2.22 bits per heavy atom. The molecule has 0 saturated carbocycles. The van der Waals surface area contributed by atoms with E-state index < -0.39 is 35.8 Å². The van der Waals surface area contributed by atoms with Crippen molar-refractivity contribution < 1.29 is 37.8 Å². The molecular formula is C31H34F2N3O5+. The zero-order valence-corrected chi connectivity index (χ0v) is 23.0. The summed E-state index contributed by atoms with van der Waals surface area (Å²) in [5, 5.41) is 21.7. The fourth-order valence-corrected chi connectivity index (χ4v) is 5.46. The summed E-state index contributed by atoms with van der Waals surface area (Å²) in [6, 6.07) is 15.0. The number of phenols is 1. The van der Waals surface area contributed by atoms with E-state index in [1.807, 2.05) is 0 Å². The minimum absolute atomic E-state index is 0.152. The molecule has 2 saturated heterocycles. The van der Waals surface area contributed by atoms with E-state index in [0.29, 0.717) is 36.3 Å². The number of phenolic OH excluding ortho intramolecular Hbond substituents is 1.